The second-order valence-corrected chi connectivity index (χ2v) is 22.8. The standard InChI is InChI=1S/C48H65Cl4N7O4S2/c1-4-21-58(25-8-19-54-64(60,61)39-14-10-35(11-15-39)43-31-56(2)33-45-41(43)27-37(49)29-47(45)51)22-5-6-23-59(24-7-18-53)26-9-20-55-65(62,63)40-16-12-36(13-17-40)44-32-57(3)34-46-42(44)28-38(50)30-48(46)52/h10-17,27-30,43-44,54-55H,4-9,18-26,31-34,53H2,1-3H3. The van der Waals surface area contributed by atoms with Gasteiger partial charge in [-0.1, -0.05) is 77.6 Å². The van der Waals surface area contributed by atoms with E-state index >= 15 is 0 Å². The molecule has 2 aliphatic heterocycles. The lowest BCUT2D eigenvalue weighted by atomic mass is 9.85. The topological polar surface area (TPSA) is 131 Å². The van der Waals surface area contributed by atoms with Gasteiger partial charge in [0.25, 0.3) is 0 Å². The second-order valence-electron chi connectivity index (χ2n) is 17.6. The summed E-state index contributed by atoms with van der Waals surface area (Å²) < 4.78 is 58.8. The van der Waals surface area contributed by atoms with E-state index in [4.69, 9.17) is 52.1 Å². The van der Waals surface area contributed by atoms with Gasteiger partial charge in [0.05, 0.1) is 9.79 Å². The highest BCUT2D eigenvalue weighted by molar-refractivity contribution is 7.89. The van der Waals surface area contributed by atoms with E-state index in [1.165, 1.54) is 0 Å². The van der Waals surface area contributed by atoms with E-state index in [-0.39, 0.29) is 21.6 Å². The average Bonchev–Trinajstić information content (AvgIpc) is 3.27. The summed E-state index contributed by atoms with van der Waals surface area (Å²) in [5, 5.41) is 2.48. The maximum atomic E-state index is 13.3. The number of fused-ring (bicyclic) bond motifs is 2. The number of rotatable bonds is 24. The van der Waals surface area contributed by atoms with E-state index in [2.05, 4.69) is 50.1 Å². The lowest BCUT2D eigenvalue weighted by molar-refractivity contribution is 0.237. The monoisotopic (exact) mass is 1010 g/mol. The molecule has 65 heavy (non-hydrogen) atoms. The van der Waals surface area contributed by atoms with Gasteiger partial charge in [0, 0.05) is 71.2 Å². The van der Waals surface area contributed by atoms with Crippen LogP contribution in [0.15, 0.2) is 82.6 Å². The highest BCUT2D eigenvalue weighted by atomic mass is 35.5. The van der Waals surface area contributed by atoms with Crippen molar-refractivity contribution in [3.05, 3.63) is 126 Å². The van der Waals surface area contributed by atoms with Gasteiger partial charge in [-0.05, 0) is 180 Å². The Bertz CT molecular complexity index is 2410. The number of hydrogen-bond donors (Lipinski definition) is 3. The van der Waals surface area contributed by atoms with Crippen molar-refractivity contribution < 1.29 is 16.8 Å². The predicted octanol–water partition coefficient (Wildman–Crippen LogP) is 8.63. The van der Waals surface area contributed by atoms with Crippen molar-refractivity contribution in [2.75, 3.05) is 86.1 Å². The van der Waals surface area contributed by atoms with E-state index in [0.717, 1.165) is 125 Å². The number of halogens is 4. The molecule has 0 aliphatic carbocycles. The van der Waals surface area contributed by atoms with Crippen LogP contribution in [0, 0.1) is 0 Å². The number of unbranched alkanes of at least 4 members (excludes halogenated alkanes) is 1. The summed E-state index contributed by atoms with van der Waals surface area (Å²) in [5.74, 6) is 0.0608. The molecule has 17 heteroatoms. The van der Waals surface area contributed by atoms with Crippen LogP contribution < -0.4 is 15.2 Å². The number of hydrogen-bond acceptors (Lipinski definition) is 9. The van der Waals surface area contributed by atoms with Gasteiger partial charge >= 0.3 is 0 Å². The molecule has 2 heterocycles. The molecule has 0 saturated heterocycles. The molecule has 0 bridgehead atoms. The molecule has 0 radical (unpaired) electrons. The van der Waals surface area contributed by atoms with Crippen molar-refractivity contribution in [3.63, 3.8) is 0 Å². The number of nitrogens with one attached hydrogen (secondary N) is 2. The Hall–Kier alpha value is -2.34. The van der Waals surface area contributed by atoms with E-state index in [9.17, 15) is 16.8 Å². The van der Waals surface area contributed by atoms with Crippen molar-refractivity contribution >= 4 is 66.5 Å². The minimum Gasteiger partial charge on any atom is -0.330 e. The Morgan fingerprint density at radius 1 is 0.585 bits per heavy atom. The summed E-state index contributed by atoms with van der Waals surface area (Å²) in [6, 6.07) is 21.8. The SMILES string of the molecule is CCCN(CCCCN(CCCN)CCCNS(=O)(=O)c1ccc(C2CN(C)Cc3c(Cl)cc(Cl)cc32)cc1)CCCNS(=O)(=O)c1ccc(C2CN(C)Cc3c(Cl)cc(Cl)cc32)cc1. The molecule has 0 spiro atoms. The van der Waals surface area contributed by atoms with E-state index < -0.39 is 20.0 Å². The molecule has 4 N–H and O–H groups in total. The summed E-state index contributed by atoms with van der Waals surface area (Å²) in [5.41, 5.74) is 12.2. The van der Waals surface area contributed by atoms with E-state index in [1.807, 2.05) is 36.4 Å². The molecule has 356 valence electrons. The molecule has 4 aromatic rings. The summed E-state index contributed by atoms with van der Waals surface area (Å²) in [7, 11) is -3.25. The van der Waals surface area contributed by atoms with Crippen LogP contribution in [0.3, 0.4) is 0 Å². The number of nitrogens with zero attached hydrogens (tertiary/aromatic N) is 4. The summed E-state index contributed by atoms with van der Waals surface area (Å²) in [4.78, 5) is 9.69. The smallest absolute Gasteiger partial charge is 0.240 e. The van der Waals surface area contributed by atoms with Crippen LogP contribution in [0.4, 0.5) is 0 Å². The van der Waals surface area contributed by atoms with Crippen molar-refractivity contribution in [3.8, 4) is 0 Å². The summed E-state index contributed by atoms with van der Waals surface area (Å²) in [6.07, 6.45) is 5.25. The minimum atomic E-state index is -3.69. The molecular weight excluding hydrogens is 945 g/mol. The molecule has 0 amide bonds. The third-order valence-corrected chi connectivity index (χ3v) is 16.5. The molecule has 2 unspecified atom stereocenters. The largest absolute Gasteiger partial charge is 0.330 e. The van der Waals surface area contributed by atoms with Gasteiger partial charge in [0.2, 0.25) is 20.0 Å². The van der Waals surface area contributed by atoms with Crippen LogP contribution in [0.1, 0.15) is 90.7 Å². The molecule has 0 fully saturated rings. The van der Waals surface area contributed by atoms with Crippen LogP contribution in [0.5, 0.6) is 0 Å². The fourth-order valence-corrected chi connectivity index (χ4v) is 12.5. The Balaban J connectivity index is 0.915. The maximum Gasteiger partial charge on any atom is 0.240 e. The van der Waals surface area contributed by atoms with Crippen molar-refractivity contribution in [1.82, 2.24) is 29.0 Å². The Kier molecular flexibility index (Phi) is 19.4. The fourth-order valence-electron chi connectivity index (χ4n) is 9.18. The average molecular weight is 1010 g/mol. The first kappa shape index (κ1) is 52.0. The van der Waals surface area contributed by atoms with Gasteiger partial charge in [-0.15, -0.1) is 0 Å². The molecule has 2 aliphatic rings. The number of likely N-dealkylation sites (N-methyl/N-ethyl adjacent to an activating group) is 2. The van der Waals surface area contributed by atoms with Crippen LogP contribution >= 0.6 is 46.4 Å². The van der Waals surface area contributed by atoms with Crippen LogP contribution in [0.2, 0.25) is 20.1 Å². The maximum absolute atomic E-state index is 13.3. The first-order valence-electron chi connectivity index (χ1n) is 22.7. The first-order valence-corrected chi connectivity index (χ1v) is 27.2. The van der Waals surface area contributed by atoms with Crippen molar-refractivity contribution in [2.45, 2.75) is 80.2 Å². The normalized spacial score (nSPS) is 17.2. The van der Waals surface area contributed by atoms with Crippen LogP contribution in [-0.4, -0.2) is 123 Å². The van der Waals surface area contributed by atoms with Crippen LogP contribution in [0.25, 0.3) is 0 Å². The lowest BCUT2D eigenvalue weighted by Crippen LogP contribution is -2.33. The fraction of sp³-hybridized carbons (Fsp3) is 0.500. The van der Waals surface area contributed by atoms with E-state index in [1.54, 1.807) is 36.4 Å². The predicted molar refractivity (Wildman–Crippen MR) is 268 cm³/mol. The zero-order valence-corrected chi connectivity index (χ0v) is 42.5. The minimum absolute atomic E-state index is 0.0284. The van der Waals surface area contributed by atoms with Gasteiger partial charge in [0.1, 0.15) is 0 Å². The first-order chi connectivity index (χ1) is 31.1. The van der Waals surface area contributed by atoms with Crippen molar-refractivity contribution in [1.29, 1.82) is 0 Å². The quantitative estimate of drug-likeness (QED) is 0.0591. The Morgan fingerprint density at radius 2 is 0.969 bits per heavy atom. The van der Waals surface area contributed by atoms with Gasteiger partial charge < -0.3 is 25.3 Å². The molecule has 6 rings (SSSR count). The molecular formula is C48H65Cl4N7O4S2. The molecule has 0 aromatic heterocycles. The molecule has 2 atom stereocenters. The van der Waals surface area contributed by atoms with Gasteiger partial charge in [0.15, 0.2) is 0 Å². The van der Waals surface area contributed by atoms with E-state index in [0.29, 0.717) is 52.6 Å². The summed E-state index contributed by atoms with van der Waals surface area (Å²) >= 11 is 25.9. The van der Waals surface area contributed by atoms with Gasteiger partial charge in [-0.2, -0.15) is 0 Å². The zero-order chi connectivity index (χ0) is 46.7. The number of benzene rings is 4. The summed E-state index contributed by atoms with van der Waals surface area (Å²) in [6.45, 7) is 11.6. The zero-order valence-electron chi connectivity index (χ0n) is 37.8. The Morgan fingerprint density at radius 3 is 1.37 bits per heavy atom. The lowest BCUT2D eigenvalue weighted by Gasteiger charge is -2.33. The van der Waals surface area contributed by atoms with Gasteiger partial charge in [-0.3, -0.25) is 0 Å². The van der Waals surface area contributed by atoms with Crippen LogP contribution in [-0.2, 0) is 33.1 Å². The molecule has 11 nitrogen and oxygen atoms in total. The Labute approximate surface area is 408 Å². The van der Waals surface area contributed by atoms with Crippen molar-refractivity contribution in [2.24, 2.45) is 5.73 Å². The number of sulfonamides is 2. The molecule has 4 aromatic carbocycles. The third-order valence-electron chi connectivity index (χ3n) is 12.5. The second kappa shape index (κ2) is 24.3. The number of nitrogens with two attached hydrogens (primary N) is 1. The highest BCUT2D eigenvalue weighted by Crippen LogP contribution is 2.40. The third kappa shape index (κ3) is 14.4. The van der Waals surface area contributed by atoms with Gasteiger partial charge in [-0.25, -0.2) is 26.3 Å². The highest BCUT2D eigenvalue weighted by Gasteiger charge is 2.29. The molecule has 0 saturated carbocycles.